The highest BCUT2D eigenvalue weighted by Gasteiger charge is 2.30. The Labute approximate surface area is 156 Å². The number of aliphatic imine (C=N–C) groups is 1. The van der Waals surface area contributed by atoms with E-state index in [1.54, 1.807) is 0 Å². The highest BCUT2D eigenvalue weighted by molar-refractivity contribution is 7.89. The van der Waals surface area contributed by atoms with Crippen LogP contribution in [0.2, 0.25) is 0 Å². The number of nitrogens with zero attached hydrogens (tertiary/aromatic N) is 1. The minimum atomic E-state index is -4.74. The van der Waals surface area contributed by atoms with E-state index in [1.165, 1.54) is 24.3 Å². The molecule has 0 amide bonds. The van der Waals surface area contributed by atoms with E-state index < -0.39 is 16.4 Å². The lowest BCUT2D eigenvalue weighted by atomic mass is 9.86. The van der Waals surface area contributed by atoms with Gasteiger partial charge in [-0.3, -0.25) is 0 Å². The maximum atomic E-state index is 12.1. The second-order valence-corrected chi connectivity index (χ2v) is 8.21. The van der Waals surface area contributed by atoms with Crippen LogP contribution in [0.15, 0.2) is 29.3 Å². The summed E-state index contributed by atoms with van der Waals surface area (Å²) in [6, 6.07) is 5.24. The third-order valence-electron chi connectivity index (χ3n) is 4.08. The van der Waals surface area contributed by atoms with Crippen LogP contribution < -0.4 is 20.5 Å². The highest BCUT2D eigenvalue weighted by Crippen LogP contribution is 2.25. The van der Waals surface area contributed by atoms with E-state index in [0.29, 0.717) is 18.0 Å². The molecule has 0 atom stereocenters. The molecule has 0 spiro atoms. The van der Waals surface area contributed by atoms with E-state index >= 15 is 0 Å². The number of halogens is 3. The topological polar surface area (TPSA) is 106 Å². The van der Waals surface area contributed by atoms with Crippen molar-refractivity contribution in [2.45, 2.75) is 32.2 Å². The van der Waals surface area contributed by atoms with Crippen molar-refractivity contribution in [2.24, 2.45) is 16.6 Å². The standard InChI is InChI=1S/C16H23F3N4O3S/c17-16(18,19)26-14-6-4-13(5-7-14)10-22-15(20)21-8-9-27(24,25)23-11-12-2-1-3-12/h4-7,12,23H,1-3,8-11H2,(H3,20,21,22). The summed E-state index contributed by atoms with van der Waals surface area (Å²) in [5.74, 6) is 0.0485. The fourth-order valence-corrected chi connectivity index (χ4v) is 3.36. The Morgan fingerprint density at radius 1 is 1.26 bits per heavy atom. The Hall–Kier alpha value is -2.01. The quantitative estimate of drug-likeness (QED) is 0.426. The summed E-state index contributed by atoms with van der Waals surface area (Å²) in [5.41, 5.74) is 6.30. The average Bonchev–Trinajstić information content (AvgIpc) is 2.51. The number of alkyl halides is 3. The zero-order valence-corrected chi connectivity index (χ0v) is 15.4. The maximum Gasteiger partial charge on any atom is 0.573 e. The molecule has 7 nitrogen and oxygen atoms in total. The van der Waals surface area contributed by atoms with Crippen molar-refractivity contribution < 1.29 is 26.3 Å². The molecule has 0 bridgehead atoms. The van der Waals surface area contributed by atoms with Crippen molar-refractivity contribution in [3.8, 4) is 5.75 Å². The zero-order chi connectivity index (χ0) is 19.9. The van der Waals surface area contributed by atoms with Crippen LogP contribution in [0, 0.1) is 5.92 Å². The average molecular weight is 408 g/mol. The first-order chi connectivity index (χ1) is 12.6. The van der Waals surface area contributed by atoms with Gasteiger partial charge in [0.2, 0.25) is 10.0 Å². The second kappa shape index (κ2) is 9.27. The minimum absolute atomic E-state index is 0.0554. The monoisotopic (exact) mass is 408 g/mol. The number of hydrogen-bond acceptors (Lipinski definition) is 4. The highest BCUT2D eigenvalue weighted by atomic mass is 32.2. The molecule has 1 aliphatic carbocycles. The van der Waals surface area contributed by atoms with E-state index in [0.717, 1.165) is 19.3 Å². The van der Waals surface area contributed by atoms with Gasteiger partial charge in [0, 0.05) is 13.1 Å². The number of guanidine groups is 1. The molecular weight excluding hydrogens is 385 g/mol. The summed E-state index contributed by atoms with van der Waals surface area (Å²) in [6.07, 6.45) is -1.46. The molecule has 0 unspecified atom stereocenters. The lowest BCUT2D eigenvalue weighted by Crippen LogP contribution is -2.39. The summed E-state index contributed by atoms with van der Waals surface area (Å²) >= 11 is 0. The summed E-state index contributed by atoms with van der Waals surface area (Å²) in [7, 11) is -3.36. The summed E-state index contributed by atoms with van der Waals surface area (Å²) in [5, 5.41) is 2.70. The molecule has 4 N–H and O–H groups in total. The van der Waals surface area contributed by atoms with Crippen molar-refractivity contribution in [1.29, 1.82) is 0 Å². The van der Waals surface area contributed by atoms with Gasteiger partial charge in [0.15, 0.2) is 5.96 Å². The van der Waals surface area contributed by atoms with Crippen LogP contribution in [-0.4, -0.2) is 39.6 Å². The molecule has 1 aromatic carbocycles. The molecule has 0 aliphatic heterocycles. The Bertz CT molecular complexity index is 732. The van der Waals surface area contributed by atoms with Gasteiger partial charge in [0.25, 0.3) is 0 Å². The largest absolute Gasteiger partial charge is 0.573 e. The van der Waals surface area contributed by atoms with Crippen LogP contribution >= 0.6 is 0 Å². The predicted octanol–water partition coefficient (Wildman–Crippen LogP) is 1.71. The number of sulfonamides is 1. The SMILES string of the molecule is NC(=NCc1ccc(OC(F)(F)F)cc1)NCCS(=O)(=O)NCC1CCC1. The molecule has 152 valence electrons. The Balaban J connectivity index is 1.70. The number of hydrogen-bond donors (Lipinski definition) is 3. The van der Waals surface area contributed by atoms with Crippen LogP contribution in [0.5, 0.6) is 5.75 Å². The van der Waals surface area contributed by atoms with Gasteiger partial charge in [0.05, 0.1) is 12.3 Å². The molecule has 0 radical (unpaired) electrons. The van der Waals surface area contributed by atoms with Crippen molar-refractivity contribution in [1.82, 2.24) is 10.0 Å². The van der Waals surface area contributed by atoms with E-state index in [-0.39, 0.29) is 30.6 Å². The van der Waals surface area contributed by atoms with Crippen molar-refractivity contribution >= 4 is 16.0 Å². The van der Waals surface area contributed by atoms with Gasteiger partial charge in [-0.15, -0.1) is 13.2 Å². The number of benzene rings is 1. The first-order valence-corrected chi connectivity index (χ1v) is 10.1. The summed E-state index contributed by atoms with van der Waals surface area (Å²) < 4.78 is 66.3. The van der Waals surface area contributed by atoms with Crippen LogP contribution in [-0.2, 0) is 16.6 Å². The third-order valence-corrected chi connectivity index (χ3v) is 5.43. The summed E-state index contributed by atoms with van der Waals surface area (Å²) in [6.45, 7) is 0.714. The van der Waals surface area contributed by atoms with Gasteiger partial charge in [-0.2, -0.15) is 0 Å². The van der Waals surface area contributed by atoms with Gasteiger partial charge in [-0.25, -0.2) is 18.1 Å². The van der Waals surface area contributed by atoms with Gasteiger partial charge in [-0.1, -0.05) is 18.6 Å². The molecule has 1 fully saturated rings. The minimum Gasteiger partial charge on any atom is -0.406 e. The van der Waals surface area contributed by atoms with E-state index in [4.69, 9.17) is 5.73 Å². The molecule has 1 aliphatic rings. The normalized spacial score (nSPS) is 16.0. The van der Waals surface area contributed by atoms with Gasteiger partial charge in [0.1, 0.15) is 5.75 Å². The molecule has 2 rings (SSSR count). The fourth-order valence-electron chi connectivity index (χ4n) is 2.36. The molecule has 1 saturated carbocycles. The number of nitrogens with one attached hydrogen (secondary N) is 2. The molecule has 0 heterocycles. The maximum absolute atomic E-state index is 12.1. The molecule has 11 heteroatoms. The van der Waals surface area contributed by atoms with E-state index in [9.17, 15) is 21.6 Å². The Morgan fingerprint density at radius 3 is 2.48 bits per heavy atom. The second-order valence-electron chi connectivity index (χ2n) is 6.28. The zero-order valence-electron chi connectivity index (χ0n) is 14.6. The van der Waals surface area contributed by atoms with Crippen LogP contribution in [0.4, 0.5) is 13.2 Å². The molecule has 1 aromatic rings. The number of rotatable bonds is 9. The summed E-state index contributed by atoms with van der Waals surface area (Å²) in [4.78, 5) is 4.02. The van der Waals surface area contributed by atoms with Crippen LogP contribution in [0.3, 0.4) is 0 Å². The lowest BCUT2D eigenvalue weighted by Gasteiger charge is -2.25. The molecule has 0 saturated heterocycles. The van der Waals surface area contributed by atoms with E-state index in [2.05, 4.69) is 19.8 Å². The first-order valence-electron chi connectivity index (χ1n) is 8.49. The van der Waals surface area contributed by atoms with Crippen molar-refractivity contribution in [3.05, 3.63) is 29.8 Å². The smallest absolute Gasteiger partial charge is 0.406 e. The fraction of sp³-hybridized carbons (Fsp3) is 0.562. The van der Waals surface area contributed by atoms with Crippen LogP contribution in [0.1, 0.15) is 24.8 Å². The van der Waals surface area contributed by atoms with Gasteiger partial charge in [-0.05, 0) is 36.5 Å². The number of nitrogens with two attached hydrogens (primary N) is 1. The number of ether oxygens (including phenoxy) is 1. The van der Waals surface area contributed by atoms with Crippen LogP contribution in [0.25, 0.3) is 0 Å². The molecule has 0 aromatic heterocycles. The van der Waals surface area contributed by atoms with Crippen molar-refractivity contribution in [2.75, 3.05) is 18.8 Å². The lowest BCUT2D eigenvalue weighted by molar-refractivity contribution is -0.274. The predicted molar refractivity (Wildman–Crippen MR) is 95.6 cm³/mol. The van der Waals surface area contributed by atoms with E-state index in [1.807, 2.05) is 0 Å². The molecular formula is C16H23F3N4O3S. The first kappa shape index (κ1) is 21.3. The Kier molecular flexibility index (Phi) is 7.31. The molecule has 27 heavy (non-hydrogen) atoms. The van der Waals surface area contributed by atoms with Crippen molar-refractivity contribution in [3.63, 3.8) is 0 Å². The van der Waals surface area contributed by atoms with Gasteiger partial charge < -0.3 is 15.8 Å². The van der Waals surface area contributed by atoms with Gasteiger partial charge >= 0.3 is 6.36 Å². The third kappa shape index (κ3) is 8.48. The Morgan fingerprint density at radius 2 is 1.93 bits per heavy atom.